The van der Waals surface area contributed by atoms with Crippen LogP contribution in [0.1, 0.15) is 57.1 Å². The number of nitrogens with two attached hydrogens (primary N) is 1. The average Bonchev–Trinajstić information content (AvgIpc) is 2.90. The molecule has 1 unspecified atom stereocenters. The second kappa shape index (κ2) is 6.60. The second-order valence-electron chi connectivity index (χ2n) is 5.61. The molecule has 0 bridgehead atoms. The number of nitrogen functional groups attached to an aromatic ring is 1. The van der Waals surface area contributed by atoms with E-state index in [0.717, 1.165) is 23.6 Å². The fraction of sp³-hybridized carbons (Fsp3) is 0.562. The summed E-state index contributed by atoms with van der Waals surface area (Å²) in [5.41, 5.74) is 7.66. The monoisotopic (exact) mass is 260 g/mol. The Balaban J connectivity index is 1.79. The van der Waals surface area contributed by atoms with E-state index in [9.17, 15) is 4.79 Å². The minimum atomic E-state index is -0.0164. The van der Waals surface area contributed by atoms with Gasteiger partial charge < -0.3 is 11.1 Å². The third-order valence-electron chi connectivity index (χ3n) is 4.09. The van der Waals surface area contributed by atoms with Crippen LogP contribution in [-0.4, -0.2) is 5.91 Å². The van der Waals surface area contributed by atoms with Crippen molar-refractivity contribution in [2.75, 3.05) is 5.73 Å². The lowest BCUT2D eigenvalue weighted by atomic mass is 10.0. The lowest BCUT2D eigenvalue weighted by Crippen LogP contribution is -2.27. The summed E-state index contributed by atoms with van der Waals surface area (Å²) in [6.07, 6.45) is 6.94. The Morgan fingerprint density at radius 2 is 2.05 bits per heavy atom. The van der Waals surface area contributed by atoms with E-state index in [0.29, 0.717) is 6.42 Å². The molecule has 0 saturated heterocycles. The molecule has 1 aromatic carbocycles. The summed E-state index contributed by atoms with van der Waals surface area (Å²) in [6, 6.07) is 7.69. The van der Waals surface area contributed by atoms with E-state index in [1.807, 2.05) is 31.2 Å². The summed E-state index contributed by atoms with van der Waals surface area (Å²) in [5, 5.41) is 3.04. The molecule has 1 saturated carbocycles. The molecule has 3 N–H and O–H groups in total. The normalized spacial score (nSPS) is 17.3. The fourth-order valence-corrected chi connectivity index (χ4v) is 2.93. The van der Waals surface area contributed by atoms with Gasteiger partial charge in [-0.1, -0.05) is 43.9 Å². The Morgan fingerprint density at radius 1 is 1.37 bits per heavy atom. The van der Waals surface area contributed by atoms with Crippen molar-refractivity contribution in [1.29, 1.82) is 0 Å². The van der Waals surface area contributed by atoms with Gasteiger partial charge in [0.25, 0.3) is 0 Å². The largest absolute Gasteiger partial charge is 0.398 e. The first-order valence-corrected chi connectivity index (χ1v) is 7.30. The topological polar surface area (TPSA) is 55.1 Å². The summed E-state index contributed by atoms with van der Waals surface area (Å²) in [7, 11) is 0. The Hall–Kier alpha value is -1.51. The molecule has 2 rings (SSSR count). The van der Waals surface area contributed by atoms with Crippen LogP contribution in [-0.2, 0) is 4.79 Å². The van der Waals surface area contributed by atoms with E-state index >= 15 is 0 Å². The van der Waals surface area contributed by atoms with Gasteiger partial charge in [-0.3, -0.25) is 4.79 Å². The predicted molar refractivity (Wildman–Crippen MR) is 78.6 cm³/mol. The molecular weight excluding hydrogens is 236 g/mol. The van der Waals surface area contributed by atoms with Gasteiger partial charge in [-0.05, 0) is 30.9 Å². The highest BCUT2D eigenvalue weighted by atomic mass is 16.1. The highest BCUT2D eigenvalue weighted by molar-refractivity contribution is 5.76. The van der Waals surface area contributed by atoms with Gasteiger partial charge in [0.2, 0.25) is 5.91 Å². The number of amides is 1. The van der Waals surface area contributed by atoms with Crippen LogP contribution in [0, 0.1) is 5.92 Å². The van der Waals surface area contributed by atoms with Crippen molar-refractivity contribution < 1.29 is 4.79 Å². The molecule has 0 radical (unpaired) electrons. The molecule has 0 aliphatic heterocycles. The van der Waals surface area contributed by atoms with Crippen LogP contribution in [0.15, 0.2) is 24.3 Å². The lowest BCUT2D eigenvalue weighted by molar-refractivity contribution is -0.122. The van der Waals surface area contributed by atoms with Gasteiger partial charge in [-0.15, -0.1) is 0 Å². The Morgan fingerprint density at radius 3 is 2.74 bits per heavy atom. The predicted octanol–water partition coefficient (Wildman–Crippen LogP) is 3.42. The second-order valence-corrected chi connectivity index (χ2v) is 5.61. The summed E-state index contributed by atoms with van der Waals surface area (Å²) in [5.74, 6) is 0.908. The highest BCUT2D eigenvalue weighted by Crippen LogP contribution is 2.28. The third-order valence-corrected chi connectivity index (χ3v) is 4.09. The van der Waals surface area contributed by atoms with E-state index in [-0.39, 0.29) is 11.9 Å². The van der Waals surface area contributed by atoms with Gasteiger partial charge >= 0.3 is 0 Å². The van der Waals surface area contributed by atoms with Crippen LogP contribution in [0.2, 0.25) is 0 Å². The van der Waals surface area contributed by atoms with Crippen molar-refractivity contribution in [2.24, 2.45) is 5.92 Å². The maximum atomic E-state index is 11.9. The van der Waals surface area contributed by atoms with Gasteiger partial charge in [0.1, 0.15) is 0 Å². The molecule has 0 spiro atoms. The molecule has 3 nitrogen and oxygen atoms in total. The number of carbonyl (C=O) groups excluding carboxylic acids is 1. The molecule has 1 amide bonds. The van der Waals surface area contributed by atoms with E-state index in [4.69, 9.17) is 5.73 Å². The molecule has 0 aromatic heterocycles. The molecular formula is C16H24N2O. The van der Waals surface area contributed by atoms with Crippen LogP contribution in [0.3, 0.4) is 0 Å². The maximum Gasteiger partial charge on any atom is 0.220 e. The smallest absolute Gasteiger partial charge is 0.220 e. The Bertz CT molecular complexity index is 425. The fourth-order valence-electron chi connectivity index (χ4n) is 2.93. The number of para-hydroxylation sites is 1. The van der Waals surface area contributed by atoms with Gasteiger partial charge in [0.05, 0.1) is 6.04 Å². The lowest BCUT2D eigenvalue weighted by Gasteiger charge is -2.17. The summed E-state index contributed by atoms with van der Waals surface area (Å²) in [4.78, 5) is 11.9. The van der Waals surface area contributed by atoms with Crippen molar-refractivity contribution in [1.82, 2.24) is 5.32 Å². The zero-order valence-corrected chi connectivity index (χ0v) is 11.7. The zero-order chi connectivity index (χ0) is 13.7. The molecule has 104 valence electrons. The van der Waals surface area contributed by atoms with E-state index in [1.54, 1.807) is 0 Å². The first-order valence-electron chi connectivity index (χ1n) is 7.30. The van der Waals surface area contributed by atoms with Crippen LogP contribution in [0.5, 0.6) is 0 Å². The third kappa shape index (κ3) is 3.98. The number of hydrogen-bond donors (Lipinski definition) is 2. The molecule has 1 atom stereocenters. The van der Waals surface area contributed by atoms with Crippen LogP contribution >= 0.6 is 0 Å². The maximum absolute atomic E-state index is 11.9. The van der Waals surface area contributed by atoms with Crippen molar-refractivity contribution >= 4 is 11.6 Å². The first-order chi connectivity index (χ1) is 9.16. The van der Waals surface area contributed by atoms with E-state index < -0.39 is 0 Å². The molecule has 1 fully saturated rings. The number of benzene rings is 1. The Labute approximate surface area is 115 Å². The zero-order valence-electron chi connectivity index (χ0n) is 11.7. The SMILES string of the molecule is CC(NC(=O)CCC1CCCC1)c1ccccc1N. The van der Waals surface area contributed by atoms with Crippen LogP contribution in [0.25, 0.3) is 0 Å². The number of anilines is 1. The molecule has 1 aliphatic rings. The van der Waals surface area contributed by atoms with E-state index in [1.165, 1.54) is 25.7 Å². The standard InChI is InChI=1S/C16H24N2O/c1-12(14-8-4-5-9-15(14)17)18-16(19)11-10-13-6-2-3-7-13/h4-5,8-9,12-13H,2-3,6-7,10-11,17H2,1H3,(H,18,19). The van der Waals surface area contributed by atoms with Crippen molar-refractivity contribution in [3.05, 3.63) is 29.8 Å². The first kappa shape index (κ1) is 13.9. The van der Waals surface area contributed by atoms with E-state index in [2.05, 4.69) is 5.32 Å². The number of carbonyl (C=O) groups is 1. The minimum absolute atomic E-state index is 0.0164. The van der Waals surface area contributed by atoms with Gasteiger partial charge in [-0.25, -0.2) is 0 Å². The van der Waals surface area contributed by atoms with Gasteiger partial charge in [-0.2, -0.15) is 0 Å². The van der Waals surface area contributed by atoms with Crippen molar-refractivity contribution in [3.8, 4) is 0 Å². The van der Waals surface area contributed by atoms with Gasteiger partial charge in [0.15, 0.2) is 0 Å². The molecule has 3 heteroatoms. The summed E-state index contributed by atoms with van der Waals surface area (Å²) < 4.78 is 0. The molecule has 1 aliphatic carbocycles. The number of nitrogens with one attached hydrogen (secondary N) is 1. The van der Waals surface area contributed by atoms with Crippen LogP contribution in [0.4, 0.5) is 5.69 Å². The number of hydrogen-bond acceptors (Lipinski definition) is 2. The Kier molecular flexibility index (Phi) is 4.83. The van der Waals surface area contributed by atoms with Gasteiger partial charge in [0, 0.05) is 12.1 Å². The molecule has 1 aromatic rings. The van der Waals surface area contributed by atoms with Crippen molar-refractivity contribution in [3.63, 3.8) is 0 Å². The summed E-state index contributed by atoms with van der Waals surface area (Å²) in [6.45, 7) is 1.99. The van der Waals surface area contributed by atoms with Crippen LogP contribution < -0.4 is 11.1 Å². The summed E-state index contributed by atoms with van der Waals surface area (Å²) >= 11 is 0. The quantitative estimate of drug-likeness (QED) is 0.797. The van der Waals surface area contributed by atoms with Crippen molar-refractivity contribution in [2.45, 2.75) is 51.5 Å². The molecule has 0 heterocycles. The minimum Gasteiger partial charge on any atom is -0.398 e. The number of rotatable bonds is 5. The highest BCUT2D eigenvalue weighted by Gasteiger charge is 2.17. The molecule has 19 heavy (non-hydrogen) atoms. The average molecular weight is 260 g/mol.